The second-order valence-electron chi connectivity index (χ2n) is 4.19. The van der Waals surface area contributed by atoms with Crippen LogP contribution >= 0.6 is 0 Å². The Morgan fingerprint density at radius 1 is 1.36 bits per heavy atom. The molecule has 0 radical (unpaired) electrons. The van der Waals surface area contributed by atoms with Crippen molar-refractivity contribution < 1.29 is 13.2 Å². The summed E-state index contributed by atoms with van der Waals surface area (Å²) in [6.07, 6.45) is 0.309. The lowest BCUT2D eigenvalue weighted by Gasteiger charge is -2.16. The summed E-state index contributed by atoms with van der Waals surface area (Å²) in [7, 11) is -3.03. The number of hydrogen-bond acceptors (Lipinski definition) is 4. The van der Waals surface area contributed by atoms with Gasteiger partial charge in [-0.1, -0.05) is 6.92 Å². The van der Waals surface area contributed by atoms with Crippen LogP contribution in [0.5, 0.6) is 0 Å². The third-order valence-corrected chi connectivity index (χ3v) is 3.49. The van der Waals surface area contributed by atoms with Crippen molar-refractivity contribution in [3.63, 3.8) is 0 Å². The summed E-state index contributed by atoms with van der Waals surface area (Å²) in [6.45, 7) is 5.07. The van der Waals surface area contributed by atoms with E-state index in [1.807, 2.05) is 0 Å². The van der Waals surface area contributed by atoms with Crippen LogP contribution in [0.3, 0.4) is 0 Å². The highest BCUT2D eigenvalue weighted by atomic mass is 32.2. The first-order valence-electron chi connectivity index (χ1n) is 4.67. The molecule has 0 spiro atoms. The SMILES string of the molecule is CCS(=O)(=O)CCC(=O)CC(C)(C)N. The second-order valence-corrected chi connectivity index (χ2v) is 6.66. The first-order valence-corrected chi connectivity index (χ1v) is 6.49. The molecule has 0 amide bonds. The van der Waals surface area contributed by atoms with E-state index < -0.39 is 15.4 Å². The molecule has 0 aliphatic carbocycles. The summed E-state index contributed by atoms with van der Waals surface area (Å²) in [5, 5.41) is 0. The van der Waals surface area contributed by atoms with Crippen molar-refractivity contribution in [1.29, 1.82) is 0 Å². The van der Waals surface area contributed by atoms with Gasteiger partial charge in [-0.3, -0.25) is 4.79 Å². The highest BCUT2D eigenvalue weighted by Gasteiger charge is 2.18. The fraction of sp³-hybridized carbons (Fsp3) is 0.889. The summed E-state index contributed by atoms with van der Waals surface area (Å²) in [5.41, 5.74) is 5.09. The van der Waals surface area contributed by atoms with Crippen LogP contribution < -0.4 is 5.73 Å². The highest BCUT2D eigenvalue weighted by molar-refractivity contribution is 7.91. The van der Waals surface area contributed by atoms with E-state index in [0.29, 0.717) is 0 Å². The van der Waals surface area contributed by atoms with E-state index in [9.17, 15) is 13.2 Å². The first-order chi connectivity index (χ1) is 6.16. The van der Waals surface area contributed by atoms with Crippen LogP contribution in [0.2, 0.25) is 0 Å². The van der Waals surface area contributed by atoms with E-state index >= 15 is 0 Å². The van der Waals surface area contributed by atoms with Crippen molar-refractivity contribution in [2.75, 3.05) is 11.5 Å². The number of sulfone groups is 1. The molecule has 0 unspecified atom stereocenters. The van der Waals surface area contributed by atoms with Gasteiger partial charge in [-0.2, -0.15) is 0 Å². The summed E-state index contributed by atoms with van der Waals surface area (Å²) in [6, 6.07) is 0. The van der Waals surface area contributed by atoms with E-state index in [1.54, 1.807) is 20.8 Å². The van der Waals surface area contributed by atoms with E-state index in [1.165, 1.54) is 0 Å². The van der Waals surface area contributed by atoms with Crippen LogP contribution in [0.1, 0.15) is 33.6 Å². The molecule has 0 rings (SSSR count). The van der Waals surface area contributed by atoms with Crippen LogP contribution in [0.15, 0.2) is 0 Å². The lowest BCUT2D eigenvalue weighted by molar-refractivity contribution is -0.119. The van der Waals surface area contributed by atoms with Gasteiger partial charge in [0.15, 0.2) is 0 Å². The maximum Gasteiger partial charge on any atom is 0.150 e. The predicted octanol–water partition coefficient (Wildman–Crippen LogP) is 0.508. The number of carbonyl (C=O) groups excluding carboxylic acids is 1. The Bertz CT molecular complexity index is 288. The average molecular weight is 221 g/mol. The third kappa shape index (κ3) is 7.03. The molecule has 0 aromatic carbocycles. The van der Waals surface area contributed by atoms with Gasteiger partial charge in [0.25, 0.3) is 0 Å². The third-order valence-electron chi connectivity index (χ3n) is 1.78. The molecule has 4 nitrogen and oxygen atoms in total. The molecule has 0 heterocycles. The van der Waals surface area contributed by atoms with E-state index in [0.717, 1.165) is 0 Å². The summed E-state index contributed by atoms with van der Waals surface area (Å²) < 4.78 is 22.2. The molecular formula is C9H19NO3S. The van der Waals surface area contributed by atoms with Crippen molar-refractivity contribution in [3.05, 3.63) is 0 Å². The first kappa shape index (κ1) is 13.6. The van der Waals surface area contributed by atoms with Crippen molar-refractivity contribution in [2.24, 2.45) is 5.73 Å². The summed E-state index contributed by atoms with van der Waals surface area (Å²) in [5.74, 6) is -0.0560. The molecule has 0 aliphatic rings. The molecule has 14 heavy (non-hydrogen) atoms. The van der Waals surface area contributed by atoms with Gasteiger partial charge in [-0.15, -0.1) is 0 Å². The smallest absolute Gasteiger partial charge is 0.150 e. The minimum Gasteiger partial charge on any atom is -0.325 e. The van der Waals surface area contributed by atoms with Gasteiger partial charge < -0.3 is 5.73 Å². The van der Waals surface area contributed by atoms with Gasteiger partial charge in [-0.05, 0) is 13.8 Å². The molecule has 0 atom stereocenters. The molecule has 5 heteroatoms. The van der Waals surface area contributed by atoms with E-state index in [4.69, 9.17) is 5.73 Å². The maximum absolute atomic E-state index is 11.3. The zero-order valence-corrected chi connectivity index (χ0v) is 9.86. The van der Waals surface area contributed by atoms with E-state index in [-0.39, 0.29) is 30.1 Å². The standard InChI is InChI=1S/C9H19NO3S/c1-4-14(12,13)6-5-8(11)7-9(2,3)10/h4-7,10H2,1-3H3. The van der Waals surface area contributed by atoms with Gasteiger partial charge in [0.05, 0.1) is 5.75 Å². The van der Waals surface area contributed by atoms with Gasteiger partial charge in [-0.25, -0.2) is 8.42 Å². The number of carbonyl (C=O) groups is 1. The number of hydrogen-bond donors (Lipinski definition) is 1. The van der Waals surface area contributed by atoms with Crippen molar-refractivity contribution in [3.8, 4) is 0 Å². The molecule has 0 saturated carbocycles. The van der Waals surface area contributed by atoms with Crippen LogP contribution in [0.25, 0.3) is 0 Å². The Morgan fingerprint density at radius 2 is 1.86 bits per heavy atom. The fourth-order valence-electron chi connectivity index (χ4n) is 1.01. The average Bonchev–Trinajstić information content (AvgIpc) is 1.98. The molecule has 0 aliphatic heterocycles. The van der Waals surface area contributed by atoms with E-state index in [2.05, 4.69) is 0 Å². The fourth-order valence-corrected chi connectivity index (χ4v) is 1.84. The van der Waals surface area contributed by atoms with Crippen molar-refractivity contribution in [1.82, 2.24) is 0 Å². The monoisotopic (exact) mass is 221 g/mol. The largest absolute Gasteiger partial charge is 0.325 e. The highest BCUT2D eigenvalue weighted by Crippen LogP contribution is 2.07. The number of Topliss-reactive ketones (excluding diaryl/α,β-unsaturated/α-hetero) is 1. The Labute approximate surface area is 85.8 Å². The molecule has 0 aromatic heterocycles. The molecule has 0 aromatic rings. The zero-order valence-electron chi connectivity index (χ0n) is 9.04. The minimum absolute atomic E-state index is 0.0571. The Balaban J connectivity index is 4.00. The maximum atomic E-state index is 11.3. The lowest BCUT2D eigenvalue weighted by Crippen LogP contribution is -2.35. The van der Waals surface area contributed by atoms with Crippen LogP contribution in [0.4, 0.5) is 0 Å². The summed E-state index contributed by atoms with van der Waals surface area (Å²) in [4.78, 5) is 11.3. The van der Waals surface area contributed by atoms with Gasteiger partial charge in [0.2, 0.25) is 0 Å². The minimum atomic E-state index is -3.03. The molecule has 0 fully saturated rings. The second kappa shape index (κ2) is 4.89. The zero-order chi connectivity index (χ0) is 11.4. The topological polar surface area (TPSA) is 77.2 Å². The number of rotatable bonds is 6. The van der Waals surface area contributed by atoms with Crippen LogP contribution in [-0.4, -0.2) is 31.2 Å². The lowest BCUT2D eigenvalue weighted by atomic mass is 9.98. The van der Waals surface area contributed by atoms with Gasteiger partial charge in [0, 0.05) is 24.1 Å². The van der Waals surface area contributed by atoms with Crippen molar-refractivity contribution in [2.45, 2.75) is 39.2 Å². The molecular weight excluding hydrogens is 202 g/mol. The Morgan fingerprint density at radius 3 is 2.21 bits per heavy atom. The number of ketones is 1. The molecule has 0 bridgehead atoms. The number of nitrogens with two attached hydrogens (primary N) is 1. The van der Waals surface area contributed by atoms with Gasteiger partial charge in [0.1, 0.15) is 15.6 Å². The van der Waals surface area contributed by atoms with Crippen LogP contribution in [-0.2, 0) is 14.6 Å². The Hall–Kier alpha value is -0.420. The quantitative estimate of drug-likeness (QED) is 0.709. The Kier molecular flexibility index (Phi) is 4.74. The molecule has 2 N–H and O–H groups in total. The summed E-state index contributed by atoms with van der Waals surface area (Å²) >= 11 is 0. The van der Waals surface area contributed by atoms with Crippen molar-refractivity contribution >= 4 is 15.6 Å². The van der Waals surface area contributed by atoms with Gasteiger partial charge >= 0.3 is 0 Å². The molecule has 0 saturated heterocycles. The molecule has 84 valence electrons. The normalized spacial score (nSPS) is 12.9. The predicted molar refractivity (Wildman–Crippen MR) is 56.8 cm³/mol. The van der Waals surface area contributed by atoms with Crippen LogP contribution in [0, 0.1) is 0 Å².